The third kappa shape index (κ3) is 2.03. The first-order valence-corrected chi connectivity index (χ1v) is 4.87. The van der Waals surface area contributed by atoms with Crippen LogP contribution in [0.1, 0.15) is 11.5 Å². The van der Waals surface area contributed by atoms with Crippen molar-refractivity contribution in [1.82, 2.24) is 4.98 Å². The Bertz CT molecular complexity index is 603. The van der Waals surface area contributed by atoms with Gasteiger partial charge in [-0.2, -0.15) is 13.2 Å². The van der Waals surface area contributed by atoms with Crippen LogP contribution in [-0.4, -0.2) is 22.2 Å². The first-order valence-electron chi connectivity index (χ1n) is 4.87. The summed E-state index contributed by atoms with van der Waals surface area (Å²) in [5.74, 6) is -5.42. The topological polar surface area (TPSA) is 53.1 Å². The van der Waals surface area contributed by atoms with E-state index >= 15 is 0 Å². The van der Waals surface area contributed by atoms with Gasteiger partial charge >= 0.3 is 12.1 Å². The smallest absolute Gasteiger partial charge is 0.406 e. The van der Waals surface area contributed by atoms with E-state index in [0.29, 0.717) is 0 Å². The first kappa shape index (κ1) is 12.4. The van der Waals surface area contributed by atoms with Gasteiger partial charge in [-0.1, -0.05) is 0 Å². The lowest BCUT2D eigenvalue weighted by Gasteiger charge is -2.15. The highest BCUT2D eigenvalue weighted by molar-refractivity contribution is 5.89. The molecule has 0 radical (unpaired) electrons. The van der Waals surface area contributed by atoms with Crippen LogP contribution in [0.4, 0.5) is 17.6 Å². The zero-order valence-electron chi connectivity index (χ0n) is 8.75. The average molecular weight is 261 g/mol. The van der Waals surface area contributed by atoms with Crippen LogP contribution in [0.5, 0.6) is 0 Å². The minimum atomic E-state index is -4.94. The maximum atomic E-state index is 13.0. The Balaban J connectivity index is 2.65. The molecular formula is C11H7F4NO2. The van der Waals surface area contributed by atoms with Crippen LogP contribution in [0.2, 0.25) is 0 Å². The standard InChI is InChI=1S/C11H7F4NO2/c12-5-1-2-8-6(3-5)7(4-16-8)9(10(17)18)11(13,14)15/h1-4,9,16H,(H,17,18)/t9-/m0/s1. The molecule has 2 N–H and O–H groups in total. The monoisotopic (exact) mass is 261 g/mol. The van der Waals surface area contributed by atoms with E-state index in [4.69, 9.17) is 5.11 Å². The van der Waals surface area contributed by atoms with Crippen molar-refractivity contribution in [3.8, 4) is 0 Å². The Morgan fingerprint density at radius 3 is 2.56 bits per heavy atom. The Hall–Kier alpha value is -2.05. The van der Waals surface area contributed by atoms with E-state index in [2.05, 4.69) is 4.98 Å². The molecule has 2 aromatic rings. The van der Waals surface area contributed by atoms with Crippen molar-refractivity contribution in [2.75, 3.05) is 0 Å². The number of rotatable bonds is 2. The number of carboxylic acid groups (broad SMARTS) is 1. The molecular weight excluding hydrogens is 254 g/mol. The molecule has 96 valence electrons. The molecule has 0 amide bonds. The third-order valence-electron chi connectivity index (χ3n) is 2.56. The summed E-state index contributed by atoms with van der Waals surface area (Å²) in [7, 11) is 0. The van der Waals surface area contributed by atoms with E-state index in [1.165, 1.54) is 6.07 Å². The summed E-state index contributed by atoms with van der Waals surface area (Å²) in [6, 6.07) is 3.21. The lowest BCUT2D eigenvalue weighted by Crippen LogP contribution is -2.28. The zero-order valence-corrected chi connectivity index (χ0v) is 8.75. The van der Waals surface area contributed by atoms with E-state index < -0.39 is 29.4 Å². The Morgan fingerprint density at radius 1 is 1.33 bits per heavy atom. The quantitative estimate of drug-likeness (QED) is 0.816. The fourth-order valence-electron chi connectivity index (χ4n) is 1.80. The SMILES string of the molecule is O=C(O)[C@H](c1c[nH]c2ccc(F)cc12)C(F)(F)F. The normalized spacial score (nSPS) is 13.8. The van der Waals surface area contributed by atoms with Gasteiger partial charge in [0.2, 0.25) is 0 Å². The molecule has 0 saturated carbocycles. The first-order chi connectivity index (χ1) is 8.30. The molecule has 0 unspecified atom stereocenters. The van der Waals surface area contributed by atoms with Gasteiger partial charge in [-0.05, 0) is 18.2 Å². The second-order valence-electron chi connectivity index (χ2n) is 3.75. The molecule has 1 aromatic carbocycles. The lowest BCUT2D eigenvalue weighted by molar-refractivity contribution is -0.176. The van der Waals surface area contributed by atoms with Gasteiger partial charge < -0.3 is 10.1 Å². The van der Waals surface area contributed by atoms with Crippen LogP contribution in [0.3, 0.4) is 0 Å². The predicted molar refractivity (Wildman–Crippen MR) is 54.7 cm³/mol. The molecule has 0 fully saturated rings. The minimum absolute atomic E-state index is 0.0836. The molecule has 0 aliphatic heterocycles. The summed E-state index contributed by atoms with van der Waals surface area (Å²) < 4.78 is 51.0. The van der Waals surface area contributed by atoms with Crippen molar-refractivity contribution >= 4 is 16.9 Å². The molecule has 0 bridgehead atoms. The van der Waals surface area contributed by atoms with Crippen molar-refractivity contribution in [1.29, 1.82) is 0 Å². The third-order valence-corrected chi connectivity index (χ3v) is 2.56. The minimum Gasteiger partial charge on any atom is -0.481 e. The van der Waals surface area contributed by atoms with Crippen molar-refractivity contribution < 1.29 is 27.5 Å². The van der Waals surface area contributed by atoms with Gasteiger partial charge in [0.25, 0.3) is 0 Å². The molecule has 18 heavy (non-hydrogen) atoms. The van der Waals surface area contributed by atoms with E-state index in [9.17, 15) is 22.4 Å². The van der Waals surface area contributed by atoms with Crippen molar-refractivity contribution in [2.45, 2.75) is 12.1 Å². The molecule has 1 atom stereocenters. The highest BCUT2D eigenvalue weighted by Gasteiger charge is 2.47. The average Bonchev–Trinajstić information content (AvgIpc) is 2.59. The van der Waals surface area contributed by atoms with Crippen LogP contribution in [-0.2, 0) is 4.79 Å². The van der Waals surface area contributed by atoms with Gasteiger partial charge in [0.1, 0.15) is 5.82 Å². The molecule has 0 aliphatic carbocycles. The number of fused-ring (bicyclic) bond motifs is 1. The number of hydrogen-bond acceptors (Lipinski definition) is 1. The molecule has 7 heteroatoms. The summed E-state index contributed by atoms with van der Waals surface area (Å²) in [4.78, 5) is 13.2. The van der Waals surface area contributed by atoms with Crippen molar-refractivity contribution in [3.05, 3.63) is 35.8 Å². The van der Waals surface area contributed by atoms with E-state index in [1.54, 1.807) is 0 Å². The summed E-state index contributed by atoms with van der Waals surface area (Å²) in [6.45, 7) is 0. The molecule has 1 heterocycles. The predicted octanol–water partition coefficient (Wildman–Crippen LogP) is 3.04. The van der Waals surface area contributed by atoms with Gasteiger partial charge in [0, 0.05) is 22.7 Å². The number of H-pyrrole nitrogens is 1. The molecule has 1 aromatic heterocycles. The van der Waals surface area contributed by atoms with Gasteiger partial charge in [0.15, 0.2) is 5.92 Å². The Kier molecular flexibility index (Phi) is 2.76. The number of halogens is 4. The number of nitrogens with one attached hydrogen (secondary N) is 1. The number of carboxylic acids is 1. The van der Waals surface area contributed by atoms with Gasteiger partial charge in [-0.15, -0.1) is 0 Å². The fraction of sp³-hybridized carbons (Fsp3) is 0.182. The lowest BCUT2D eigenvalue weighted by atomic mass is 9.98. The summed E-state index contributed by atoms with van der Waals surface area (Å²) in [5.41, 5.74) is -0.244. The maximum Gasteiger partial charge on any atom is 0.406 e. The largest absolute Gasteiger partial charge is 0.481 e. The fourth-order valence-corrected chi connectivity index (χ4v) is 1.80. The molecule has 0 aliphatic rings. The number of hydrogen-bond donors (Lipinski definition) is 2. The van der Waals surface area contributed by atoms with Crippen molar-refractivity contribution in [3.63, 3.8) is 0 Å². The van der Waals surface area contributed by atoms with Crippen LogP contribution in [0, 0.1) is 5.82 Å². The zero-order chi connectivity index (χ0) is 13.5. The number of alkyl halides is 3. The maximum absolute atomic E-state index is 13.0. The van der Waals surface area contributed by atoms with Crippen LogP contribution in [0.15, 0.2) is 24.4 Å². The number of aromatic nitrogens is 1. The molecule has 2 rings (SSSR count). The number of aromatic amines is 1. The summed E-state index contributed by atoms with van der Waals surface area (Å²) in [6.07, 6.45) is -4.00. The Labute approximate surface area is 98.0 Å². The highest BCUT2D eigenvalue weighted by Crippen LogP contribution is 2.38. The second kappa shape index (κ2) is 4.01. The molecule has 0 spiro atoms. The van der Waals surface area contributed by atoms with E-state index in [-0.39, 0.29) is 10.9 Å². The van der Waals surface area contributed by atoms with Gasteiger partial charge in [-0.3, -0.25) is 4.79 Å². The molecule has 0 saturated heterocycles. The summed E-state index contributed by atoms with van der Waals surface area (Å²) in [5, 5.41) is 8.60. The number of benzene rings is 1. The molecule has 3 nitrogen and oxygen atoms in total. The van der Waals surface area contributed by atoms with E-state index in [1.807, 2.05) is 0 Å². The summed E-state index contributed by atoms with van der Waals surface area (Å²) >= 11 is 0. The second-order valence-corrected chi connectivity index (χ2v) is 3.75. The van der Waals surface area contributed by atoms with Gasteiger partial charge in [-0.25, -0.2) is 4.39 Å². The van der Waals surface area contributed by atoms with Crippen LogP contribution < -0.4 is 0 Å². The van der Waals surface area contributed by atoms with Crippen LogP contribution >= 0.6 is 0 Å². The van der Waals surface area contributed by atoms with E-state index in [0.717, 1.165) is 18.3 Å². The van der Waals surface area contributed by atoms with Gasteiger partial charge in [0.05, 0.1) is 0 Å². The van der Waals surface area contributed by atoms with Crippen LogP contribution in [0.25, 0.3) is 10.9 Å². The number of carbonyl (C=O) groups is 1. The Morgan fingerprint density at radius 2 is 2.00 bits per heavy atom. The van der Waals surface area contributed by atoms with Crippen molar-refractivity contribution in [2.24, 2.45) is 0 Å². The highest BCUT2D eigenvalue weighted by atomic mass is 19.4. The number of aliphatic carboxylic acids is 1.